The maximum Gasteiger partial charge on any atom is 0.407 e. The van der Waals surface area contributed by atoms with Crippen LogP contribution in [0.3, 0.4) is 0 Å². The largest absolute Gasteiger partial charge is 0.494 e. The summed E-state index contributed by atoms with van der Waals surface area (Å²) in [6, 6.07) is 7.62. The molecular weight excluding hydrogens is 194 g/mol. The molecule has 15 heavy (non-hydrogen) atoms. The third kappa shape index (κ3) is 2.21. The molecule has 1 aliphatic rings. The minimum absolute atomic E-state index is 0.0341. The van der Waals surface area contributed by atoms with Crippen LogP contribution in [0.4, 0.5) is 4.79 Å². The molecule has 4 heteroatoms. The highest BCUT2D eigenvalue weighted by Gasteiger charge is 2.23. The van der Waals surface area contributed by atoms with Crippen LogP contribution in [0.25, 0.3) is 0 Å². The second kappa shape index (κ2) is 4.21. The third-order valence-electron chi connectivity index (χ3n) is 2.27. The van der Waals surface area contributed by atoms with Crippen LogP contribution in [-0.2, 0) is 4.74 Å². The van der Waals surface area contributed by atoms with Gasteiger partial charge in [0.2, 0.25) is 0 Å². The molecule has 1 atom stereocenters. The van der Waals surface area contributed by atoms with Gasteiger partial charge in [-0.2, -0.15) is 0 Å². The monoisotopic (exact) mass is 207 g/mol. The van der Waals surface area contributed by atoms with Gasteiger partial charge in [-0.1, -0.05) is 12.1 Å². The van der Waals surface area contributed by atoms with Crippen molar-refractivity contribution >= 4 is 6.09 Å². The van der Waals surface area contributed by atoms with Crippen LogP contribution in [0.2, 0.25) is 0 Å². The Kier molecular flexibility index (Phi) is 2.76. The lowest BCUT2D eigenvalue weighted by atomic mass is 10.1. The van der Waals surface area contributed by atoms with E-state index in [0.29, 0.717) is 13.2 Å². The van der Waals surface area contributed by atoms with Crippen LogP contribution >= 0.6 is 0 Å². The number of hydrogen-bond donors (Lipinski definition) is 1. The number of rotatable bonds is 3. The Bertz CT molecular complexity index is 347. The molecule has 1 fully saturated rings. The van der Waals surface area contributed by atoms with Crippen molar-refractivity contribution in [3.63, 3.8) is 0 Å². The molecule has 0 radical (unpaired) electrons. The Morgan fingerprint density at radius 1 is 1.47 bits per heavy atom. The van der Waals surface area contributed by atoms with E-state index >= 15 is 0 Å². The maximum absolute atomic E-state index is 10.8. The number of hydrogen-bond acceptors (Lipinski definition) is 3. The molecule has 1 aromatic rings. The fourth-order valence-electron chi connectivity index (χ4n) is 1.53. The van der Waals surface area contributed by atoms with Gasteiger partial charge in [-0.3, -0.25) is 0 Å². The zero-order valence-corrected chi connectivity index (χ0v) is 8.53. The van der Waals surface area contributed by atoms with Crippen molar-refractivity contribution in [2.45, 2.75) is 13.0 Å². The number of nitrogens with one attached hydrogen (secondary N) is 1. The van der Waals surface area contributed by atoms with E-state index in [1.54, 1.807) is 0 Å². The highest BCUT2D eigenvalue weighted by atomic mass is 16.6. The van der Waals surface area contributed by atoms with Gasteiger partial charge < -0.3 is 14.8 Å². The molecule has 0 aromatic heterocycles. The van der Waals surface area contributed by atoms with Crippen LogP contribution in [0.1, 0.15) is 18.5 Å². The van der Waals surface area contributed by atoms with Crippen LogP contribution in [0, 0.1) is 0 Å². The van der Waals surface area contributed by atoms with E-state index in [1.165, 1.54) is 0 Å². The number of alkyl carbamates (subject to hydrolysis) is 1. The first kappa shape index (κ1) is 9.83. The summed E-state index contributed by atoms with van der Waals surface area (Å²) in [4.78, 5) is 10.8. The predicted molar refractivity (Wildman–Crippen MR) is 54.8 cm³/mol. The maximum atomic E-state index is 10.8. The van der Waals surface area contributed by atoms with Gasteiger partial charge in [-0.25, -0.2) is 4.79 Å². The van der Waals surface area contributed by atoms with Crippen molar-refractivity contribution in [1.82, 2.24) is 5.32 Å². The average molecular weight is 207 g/mol. The number of cyclic esters (lactones) is 1. The summed E-state index contributed by atoms with van der Waals surface area (Å²) in [5, 5.41) is 2.72. The predicted octanol–water partition coefficient (Wildman–Crippen LogP) is 1.87. The smallest absolute Gasteiger partial charge is 0.407 e. The standard InChI is InChI=1S/C11H13NO3/c1-2-14-9-5-3-8(4-6-9)10-7-15-11(13)12-10/h3-6,10H,2,7H2,1H3,(H,12,13)/t10-/m0/s1. The van der Waals surface area contributed by atoms with Gasteiger partial charge in [0.1, 0.15) is 12.4 Å². The summed E-state index contributed by atoms with van der Waals surface area (Å²) < 4.78 is 10.1. The fraction of sp³-hybridized carbons (Fsp3) is 0.364. The summed E-state index contributed by atoms with van der Waals surface area (Å²) in [5.74, 6) is 0.839. The molecule has 0 aliphatic carbocycles. The number of ether oxygens (including phenoxy) is 2. The van der Waals surface area contributed by atoms with Gasteiger partial charge in [0.25, 0.3) is 0 Å². The third-order valence-corrected chi connectivity index (χ3v) is 2.27. The van der Waals surface area contributed by atoms with Crippen LogP contribution < -0.4 is 10.1 Å². The van der Waals surface area contributed by atoms with Crippen molar-refractivity contribution in [1.29, 1.82) is 0 Å². The van der Waals surface area contributed by atoms with E-state index in [9.17, 15) is 4.79 Å². The molecule has 1 amide bonds. The summed E-state index contributed by atoms with van der Waals surface area (Å²) in [6.45, 7) is 2.99. The molecule has 1 aromatic carbocycles. The molecule has 1 saturated heterocycles. The van der Waals surface area contributed by atoms with Crippen molar-refractivity contribution in [2.75, 3.05) is 13.2 Å². The molecule has 0 spiro atoms. The van der Waals surface area contributed by atoms with E-state index in [4.69, 9.17) is 9.47 Å². The SMILES string of the molecule is CCOc1ccc([C@@H]2COC(=O)N2)cc1. The fourth-order valence-corrected chi connectivity index (χ4v) is 1.53. The lowest BCUT2D eigenvalue weighted by Gasteiger charge is -2.08. The summed E-state index contributed by atoms with van der Waals surface area (Å²) in [5.41, 5.74) is 1.03. The second-order valence-electron chi connectivity index (χ2n) is 3.30. The van der Waals surface area contributed by atoms with Gasteiger partial charge in [0, 0.05) is 0 Å². The molecule has 1 heterocycles. The number of carbonyl (C=O) groups excluding carboxylic acids is 1. The Balaban J connectivity index is 2.06. The summed E-state index contributed by atoms with van der Waals surface area (Å²) >= 11 is 0. The van der Waals surface area contributed by atoms with Crippen molar-refractivity contribution in [3.8, 4) is 5.75 Å². The van der Waals surface area contributed by atoms with Gasteiger partial charge in [-0.05, 0) is 24.6 Å². The number of amides is 1. The van der Waals surface area contributed by atoms with Crippen molar-refractivity contribution in [3.05, 3.63) is 29.8 Å². The van der Waals surface area contributed by atoms with E-state index < -0.39 is 0 Å². The minimum atomic E-state index is -0.353. The average Bonchev–Trinajstić information content (AvgIpc) is 2.67. The first-order valence-corrected chi connectivity index (χ1v) is 4.95. The van der Waals surface area contributed by atoms with Crippen molar-refractivity contribution in [2.24, 2.45) is 0 Å². The number of carbonyl (C=O) groups is 1. The first-order valence-electron chi connectivity index (χ1n) is 4.95. The highest BCUT2D eigenvalue weighted by Crippen LogP contribution is 2.20. The van der Waals surface area contributed by atoms with Crippen LogP contribution in [0.15, 0.2) is 24.3 Å². The van der Waals surface area contributed by atoms with Crippen LogP contribution in [-0.4, -0.2) is 19.3 Å². The molecule has 1 N–H and O–H groups in total. The zero-order valence-electron chi connectivity index (χ0n) is 8.53. The molecule has 0 unspecified atom stereocenters. The molecule has 4 nitrogen and oxygen atoms in total. The quantitative estimate of drug-likeness (QED) is 0.823. The van der Waals surface area contributed by atoms with Crippen LogP contribution in [0.5, 0.6) is 5.75 Å². The first-order chi connectivity index (χ1) is 7.29. The summed E-state index contributed by atoms with van der Waals surface area (Å²) in [7, 11) is 0. The molecule has 0 saturated carbocycles. The van der Waals surface area contributed by atoms with E-state index in [1.807, 2.05) is 31.2 Å². The van der Waals surface area contributed by atoms with Gasteiger partial charge in [0.05, 0.1) is 12.6 Å². The molecule has 2 rings (SSSR count). The Morgan fingerprint density at radius 2 is 2.20 bits per heavy atom. The summed E-state index contributed by atoms with van der Waals surface area (Å²) in [6.07, 6.45) is -0.353. The zero-order chi connectivity index (χ0) is 10.7. The lowest BCUT2D eigenvalue weighted by Crippen LogP contribution is -2.18. The minimum Gasteiger partial charge on any atom is -0.494 e. The normalized spacial score (nSPS) is 19.5. The topological polar surface area (TPSA) is 47.6 Å². The van der Waals surface area contributed by atoms with Crippen molar-refractivity contribution < 1.29 is 14.3 Å². The lowest BCUT2D eigenvalue weighted by molar-refractivity contribution is 0.177. The Labute approximate surface area is 88.2 Å². The second-order valence-corrected chi connectivity index (χ2v) is 3.30. The Morgan fingerprint density at radius 3 is 2.73 bits per heavy atom. The van der Waals surface area contributed by atoms with Gasteiger partial charge in [0.15, 0.2) is 0 Å². The molecule has 80 valence electrons. The highest BCUT2D eigenvalue weighted by molar-refractivity contribution is 5.70. The van der Waals surface area contributed by atoms with E-state index in [0.717, 1.165) is 11.3 Å². The number of benzene rings is 1. The Hall–Kier alpha value is -1.71. The molecular formula is C11H13NO3. The van der Waals surface area contributed by atoms with Gasteiger partial charge in [-0.15, -0.1) is 0 Å². The van der Waals surface area contributed by atoms with E-state index in [-0.39, 0.29) is 12.1 Å². The molecule has 1 aliphatic heterocycles. The van der Waals surface area contributed by atoms with Gasteiger partial charge >= 0.3 is 6.09 Å². The van der Waals surface area contributed by atoms with E-state index in [2.05, 4.69) is 5.32 Å². The molecule has 0 bridgehead atoms.